The highest BCUT2D eigenvalue weighted by Crippen LogP contribution is 2.17. The van der Waals surface area contributed by atoms with Crippen LogP contribution in [0.1, 0.15) is 37.7 Å². The lowest BCUT2D eigenvalue weighted by Gasteiger charge is -2.24. The molecule has 22 heavy (non-hydrogen) atoms. The maximum absolute atomic E-state index is 13.5. The summed E-state index contributed by atoms with van der Waals surface area (Å²) in [5.41, 5.74) is 0.385. The van der Waals surface area contributed by atoms with Crippen molar-refractivity contribution in [3.63, 3.8) is 0 Å². The van der Waals surface area contributed by atoms with E-state index in [9.17, 15) is 8.78 Å². The van der Waals surface area contributed by atoms with Crippen molar-refractivity contribution in [1.82, 2.24) is 10.6 Å². The molecule has 0 heterocycles. The largest absolute Gasteiger partial charge is 0.356 e. The number of rotatable bonds is 4. The minimum atomic E-state index is -0.406. The molecule has 0 amide bonds. The molecule has 1 saturated carbocycles. The van der Waals surface area contributed by atoms with Gasteiger partial charge < -0.3 is 10.6 Å². The summed E-state index contributed by atoms with van der Waals surface area (Å²) in [7, 11) is 1.72. The third kappa shape index (κ3) is 6.06. The predicted molar refractivity (Wildman–Crippen MR) is 96.8 cm³/mol. The van der Waals surface area contributed by atoms with Crippen molar-refractivity contribution in [3.05, 3.63) is 35.4 Å². The van der Waals surface area contributed by atoms with Crippen LogP contribution >= 0.6 is 24.0 Å². The predicted octanol–water partition coefficient (Wildman–Crippen LogP) is 3.62. The number of hydrogen-bond donors (Lipinski definition) is 2. The van der Waals surface area contributed by atoms with Crippen molar-refractivity contribution >= 4 is 29.9 Å². The van der Waals surface area contributed by atoms with Crippen LogP contribution in [0.25, 0.3) is 0 Å². The van der Waals surface area contributed by atoms with Gasteiger partial charge in [-0.2, -0.15) is 0 Å². The summed E-state index contributed by atoms with van der Waals surface area (Å²) < 4.78 is 26.6. The molecule has 0 atom stereocenters. The van der Waals surface area contributed by atoms with Crippen molar-refractivity contribution in [3.8, 4) is 0 Å². The standard InChI is InChI=1S/C16H23F2N3.HI/c1-19-16(21-14-5-3-2-4-6-14)20-10-9-12-11-13(17)7-8-15(12)18;/h7-8,11,14H,2-6,9-10H2,1H3,(H2,19,20,21);1H. The van der Waals surface area contributed by atoms with E-state index < -0.39 is 5.82 Å². The average Bonchev–Trinajstić information content (AvgIpc) is 2.50. The maximum atomic E-state index is 13.5. The number of guanidine groups is 1. The lowest BCUT2D eigenvalue weighted by molar-refractivity contribution is 0.410. The van der Waals surface area contributed by atoms with E-state index in [1.807, 2.05) is 0 Å². The first-order valence-corrected chi connectivity index (χ1v) is 7.60. The Morgan fingerprint density at radius 2 is 1.95 bits per heavy atom. The first-order chi connectivity index (χ1) is 10.2. The second-order valence-electron chi connectivity index (χ2n) is 5.46. The molecule has 0 aromatic heterocycles. The van der Waals surface area contributed by atoms with Crippen molar-refractivity contribution in [1.29, 1.82) is 0 Å². The van der Waals surface area contributed by atoms with Gasteiger partial charge >= 0.3 is 0 Å². The lowest BCUT2D eigenvalue weighted by atomic mass is 9.96. The SMILES string of the molecule is CN=C(NCCc1cc(F)ccc1F)NC1CCCCC1.I. The number of halogens is 3. The van der Waals surface area contributed by atoms with Gasteiger partial charge in [0.1, 0.15) is 11.6 Å². The third-order valence-corrected chi connectivity index (χ3v) is 3.86. The molecule has 1 aliphatic rings. The highest BCUT2D eigenvalue weighted by Gasteiger charge is 2.14. The summed E-state index contributed by atoms with van der Waals surface area (Å²) in [4.78, 5) is 4.18. The molecule has 2 N–H and O–H groups in total. The summed E-state index contributed by atoms with van der Waals surface area (Å²) in [6.07, 6.45) is 6.57. The number of benzene rings is 1. The number of nitrogens with zero attached hydrogens (tertiary/aromatic N) is 1. The molecule has 1 aromatic carbocycles. The highest BCUT2D eigenvalue weighted by molar-refractivity contribution is 14.0. The van der Waals surface area contributed by atoms with Crippen LogP contribution in [0.2, 0.25) is 0 Å². The number of hydrogen-bond acceptors (Lipinski definition) is 1. The van der Waals surface area contributed by atoms with E-state index in [1.54, 1.807) is 7.05 Å². The van der Waals surface area contributed by atoms with Crippen molar-refractivity contribution in [2.75, 3.05) is 13.6 Å². The third-order valence-electron chi connectivity index (χ3n) is 3.86. The zero-order valence-corrected chi connectivity index (χ0v) is 15.2. The first kappa shape index (κ1) is 19.1. The quantitative estimate of drug-likeness (QED) is 0.441. The molecule has 6 heteroatoms. The topological polar surface area (TPSA) is 36.4 Å². The zero-order chi connectivity index (χ0) is 15.1. The van der Waals surface area contributed by atoms with Crippen molar-refractivity contribution < 1.29 is 8.78 Å². The molecule has 2 rings (SSSR count). The van der Waals surface area contributed by atoms with E-state index in [4.69, 9.17) is 0 Å². The fourth-order valence-electron chi connectivity index (χ4n) is 2.69. The molecule has 0 aliphatic heterocycles. The molecular formula is C16H24F2IN3. The fraction of sp³-hybridized carbons (Fsp3) is 0.562. The molecule has 0 unspecified atom stereocenters. The fourth-order valence-corrected chi connectivity index (χ4v) is 2.69. The van der Waals surface area contributed by atoms with E-state index in [1.165, 1.54) is 44.2 Å². The summed E-state index contributed by atoms with van der Waals surface area (Å²) in [5.74, 6) is -0.0387. The van der Waals surface area contributed by atoms with Crippen LogP contribution in [0.3, 0.4) is 0 Å². The van der Waals surface area contributed by atoms with Crippen LogP contribution in [-0.4, -0.2) is 25.6 Å². The smallest absolute Gasteiger partial charge is 0.191 e. The Balaban J connectivity index is 0.00000242. The van der Waals surface area contributed by atoms with Crippen LogP contribution in [0, 0.1) is 11.6 Å². The van der Waals surface area contributed by atoms with Gasteiger partial charge in [0.25, 0.3) is 0 Å². The van der Waals surface area contributed by atoms with E-state index in [0.29, 0.717) is 24.6 Å². The Labute approximate surface area is 148 Å². The van der Waals surface area contributed by atoms with Gasteiger partial charge in [-0.1, -0.05) is 19.3 Å². The molecular weight excluding hydrogens is 399 g/mol. The maximum Gasteiger partial charge on any atom is 0.191 e. The summed E-state index contributed by atoms with van der Waals surface area (Å²) in [6.45, 7) is 0.521. The van der Waals surface area contributed by atoms with Crippen LogP contribution in [0.4, 0.5) is 8.78 Å². The Bertz CT molecular complexity index is 488. The second-order valence-corrected chi connectivity index (χ2v) is 5.46. The lowest BCUT2D eigenvalue weighted by Crippen LogP contribution is -2.44. The zero-order valence-electron chi connectivity index (χ0n) is 12.9. The minimum Gasteiger partial charge on any atom is -0.356 e. The van der Waals surface area contributed by atoms with E-state index in [0.717, 1.165) is 12.0 Å². The van der Waals surface area contributed by atoms with E-state index >= 15 is 0 Å². The first-order valence-electron chi connectivity index (χ1n) is 7.60. The molecule has 124 valence electrons. The van der Waals surface area contributed by atoms with Crippen LogP contribution in [0.5, 0.6) is 0 Å². The summed E-state index contributed by atoms with van der Waals surface area (Å²) in [5, 5.41) is 6.55. The molecule has 1 fully saturated rings. The second kappa shape index (κ2) is 9.97. The van der Waals surface area contributed by atoms with Gasteiger partial charge in [0.05, 0.1) is 0 Å². The summed E-state index contributed by atoms with van der Waals surface area (Å²) >= 11 is 0. The molecule has 0 spiro atoms. The van der Waals surface area contributed by atoms with Crippen LogP contribution < -0.4 is 10.6 Å². The molecule has 0 saturated heterocycles. The molecule has 0 bridgehead atoms. The molecule has 1 aliphatic carbocycles. The molecule has 1 aromatic rings. The van der Waals surface area contributed by atoms with Gasteiger partial charge in [-0.3, -0.25) is 4.99 Å². The number of nitrogens with one attached hydrogen (secondary N) is 2. The Kier molecular flexibility index (Phi) is 8.67. The van der Waals surface area contributed by atoms with E-state index in [2.05, 4.69) is 15.6 Å². The van der Waals surface area contributed by atoms with Crippen molar-refractivity contribution in [2.45, 2.75) is 44.6 Å². The van der Waals surface area contributed by atoms with E-state index in [-0.39, 0.29) is 29.8 Å². The number of aliphatic imine (C=N–C) groups is 1. The monoisotopic (exact) mass is 423 g/mol. The van der Waals surface area contributed by atoms with Crippen LogP contribution in [-0.2, 0) is 6.42 Å². The Morgan fingerprint density at radius 1 is 1.23 bits per heavy atom. The normalized spacial score (nSPS) is 16.0. The molecule has 0 radical (unpaired) electrons. The molecule has 3 nitrogen and oxygen atoms in total. The van der Waals surface area contributed by atoms with Gasteiger partial charge in [-0.05, 0) is 43.0 Å². The average molecular weight is 423 g/mol. The van der Waals surface area contributed by atoms with Gasteiger partial charge in [0.2, 0.25) is 0 Å². The van der Waals surface area contributed by atoms with Gasteiger partial charge in [-0.25, -0.2) is 8.78 Å². The summed E-state index contributed by atoms with van der Waals surface area (Å²) in [6, 6.07) is 4.01. The van der Waals surface area contributed by atoms with Crippen LogP contribution in [0.15, 0.2) is 23.2 Å². The van der Waals surface area contributed by atoms with Gasteiger partial charge in [-0.15, -0.1) is 24.0 Å². The van der Waals surface area contributed by atoms with Gasteiger partial charge in [0.15, 0.2) is 5.96 Å². The highest BCUT2D eigenvalue weighted by atomic mass is 127. The Morgan fingerprint density at radius 3 is 2.64 bits per heavy atom. The van der Waals surface area contributed by atoms with Crippen molar-refractivity contribution in [2.24, 2.45) is 4.99 Å². The Hall–Kier alpha value is -0.920. The minimum absolute atomic E-state index is 0. The van der Waals surface area contributed by atoms with Gasteiger partial charge in [0, 0.05) is 19.6 Å².